The Labute approximate surface area is 106 Å². The summed E-state index contributed by atoms with van der Waals surface area (Å²) in [7, 11) is 0. The molecular weight excluding hydrogens is 234 g/mol. The molecule has 0 aliphatic carbocycles. The van der Waals surface area contributed by atoms with Crippen LogP contribution in [0.15, 0.2) is 18.2 Å². The fourth-order valence-corrected chi connectivity index (χ4v) is 3.18. The third-order valence-electron chi connectivity index (χ3n) is 4.37. The highest BCUT2D eigenvalue weighted by atomic mass is 19.1. The average molecular weight is 252 g/mol. The van der Waals surface area contributed by atoms with Crippen LogP contribution in [0.25, 0.3) is 0 Å². The van der Waals surface area contributed by atoms with Gasteiger partial charge < -0.3 is 10.2 Å². The van der Waals surface area contributed by atoms with E-state index in [0.717, 1.165) is 45.1 Å². The highest BCUT2D eigenvalue weighted by Gasteiger charge is 2.37. The van der Waals surface area contributed by atoms with E-state index in [1.807, 2.05) is 0 Å². The number of nitrogens with one attached hydrogen (secondary N) is 1. The second kappa shape index (κ2) is 4.50. The van der Waals surface area contributed by atoms with Gasteiger partial charge in [-0.2, -0.15) is 0 Å². The largest absolute Gasteiger partial charge is 0.371 e. The second-order valence-corrected chi connectivity index (χ2v) is 5.54. The molecule has 1 N–H and O–H groups in total. The van der Waals surface area contributed by atoms with E-state index in [0.29, 0.717) is 11.1 Å². The first kappa shape index (κ1) is 11.9. The molecule has 2 fully saturated rings. The fourth-order valence-electron chi connectivity index (χ4n) is 3.18. The zero-order chi connectivity index (χ0) is 12.6. The topological polar surface area (TPSA) is 15.3 Å². The van der Waals surface area contributed by atoms with E-state index in [1.54, 1.807) is 0 Å². The van der Waals surface area contributed by atoms with Crippen molar-refractivity contribution in [3.63, 3.8) is 0 Å². The van der Waals surface area contributed by atoms with Crippen LogP contribution in [0.3, 0.4) is 0 Å². The molecular formula is C14H18F2N2. The maximum Gasteiger partial charge on any atom is 0.128 e. The summed E-state index contributed by atoms with van der Waals surface area (Å²) in [4.78, 5) is 2.09. The summed E-state index contributed by atoms with van der Waals surface area (Å²) >= 11 is 0. The van der Waals surface area contributed by atoms with Crippen LogP contribution in [0, 0.1) is 17.0 Å². The summed E-state index contributed by atoms with van der Waals surface area (Å²) in [6.07, 6.45) is 3.45. The molecule has 2 nitrogen and oxygen atoms in total. The van der Waals surface area contributed by atoms with Gasteiger partial charge in [-0.25, -0.2) is 8.78 Å². The smallest absolute Gasteiger partial charge is 0.128 e. The normalized spacial score (nSPS) is 22.7. The molecule has 2 saturated heterocycles. The molecule has 2 aliphatic heterocycles. The number of nitrogens with zero attached hydrogens (tertiary/aromatic N) is 1. The predicted octanol–water partition coefficient (Wildman–Crippen LogP) is 2.54. The van der Waals surface area contributed by atoms with Gasteiger partial charge in [0.05, 0.1) is 0 Å². The molecule has 0 aromatic heterocycles. The molecule has 0 radical (unpaired) electrons. The van der Waals surface area contributed by atoms with Crippen molar-refractivity contribution < 1.29 is 8.78 Å². The molecule has 4 heteroatoms. The number of piperidine rings is 1. The molecule has 1 aromatic rings. The molecule has 2 aliphatic rings. The van der Waals surface area contributed by atoms with Gasteiger partial charge in [0.1, 0.15) is 11.6 Å². The van der Waals surface area contributed by atoms with Crippen LogP contribution in [-0.4, -0.2) is 26.2 Å². The molecule has 3 rings (SSSR count). The summed E-state index contributed by atoms with van der Waals surface area (Å²) in [6.45, 7) is 3.99. The van der Waals surface area contributed by atoms with E-state index in [9.17, 15) is 8.78 Å². The molecule has 0 atom stereocenters. The lowest BCUT2D eigenvalue weighted by molar-refractivity contribution is 0.247. The summed E-state index contributed by atoms with van der Waals surface area (Å²) in [5.74, 6) is -0.986. The maximum atomic E-state index is 13.2. The Hall–Kier alpha value is -1.16. The minimum Gasteiger partial charge on any atom is -0.371 e. The number of halogens is 2. The molecule has 18 heavy (non-hydrogen) atoms. The first-order valence-corrected chi connectivity index (χ1v) is 6.59. The third-order valence-corrected chi connectivity index (χ3v) is 4.37. The van der Waals surface area contributed by atoms with Gasteiger partial charge >= 0.3 is 0 Å². The van der Waals surface area contributed by atoms with Crippen molar-refractivity contribution in [2.75, 3.05) is 31.1 Å². The minimum atomic E-state index is -0.493. The van der Waals surface area contributed by atoms with Gasteiger partial charge in [0, 0.05) is 31.4 Å². The number of rotatable bonds is 1. The van der Waals surface area contributed by atoms with Crippen LogP contribution < -0.4 is 10.2 Å². The SMILES string of the molecule is Fc1cc(F)cc(N2CCC3(CCNC3)CC2)c1. The van der Waals surface area contributed by atoms with Gasteiger partial charge in [-0.3, -0.25) is 0 Å². The number of anilines is 1. The van der Waals surface area contributed by atoms with E-state index in [2.05, 4.69) is 10.2 Å². The standard InChI is InChI=1S/C14H18F2N2/c15-11-7-12(16)9-13(8-11)18-5-2-14(3-6-18)1-4-17-10-14/h7-9,17H,1-6,10H2. The van der Waals surface area contributed by atoms with Crippen molar-refractivity contribution in [1.29, 1.82) is 0 Å². The number of hydrogen-bond donors (Lipinski definition) is 1. The first-order valence-electron chi connectivity index (χ1n) is 6.59. The Bertz CT molecular complexity index is 411. The lowest BCUT2D eigenvalue weighted by Crippen LogP contribution is -2.41. The molecule has 1 aromatic carbocycles. The third kappa shape index (κ3) is 2.21. The Kier molecular flexibility index (Phi) is 2.98. The molecule has 2 heterocycles. The highest BCUT2D eigenvalue weighted by molar-refractivity contribution is 5.47. The van der Waals surface area contributed by atoms with Crippen LogP contribution in [0.4, 0.5) is 14.5 Å². The van der Waals surface area contributed by atoms with Crippen molar-refractivity contribution in [2.24, 2.45) is 5.41 Å². The zero-order valence-corrected chi connectivity index (χ0v) is 10.4. The van der Waals surface area contributed by atoms with Gasteiger partial charge in [0.25, 0.3) is 0 Å². The summed E-state index contributed by atoms with van der Waals surface area (Å²) in [5.41, 5.74) is 1.11. The Balaban J connectivity index is 1.72. The van der Waals surface area contributed by atoms with Gasteiger partial charge in [0.15, 0.2) is 0 Å². The van der Waals surface area contributed by atoms with Gasteiger partial charge in [-0.1, -0.05) is 0 Å². The minimum absolute atomic E-state index is 0.433. The summed E-state index contributed by atoms with van der Waals surface area (Å²) in [5, 5.41) is 3.42. The van der Waals surface area contributed by atoms with E-state index in [-0.39, 0.29) is 0 Å². The van der Waals surface area contributed by atoms with E-state index < -0.39 is 11.6 Å². The van der Waals surface area contributed by atoms with Crippen molar-refractivity contribution >= 4 is 5.69 Å². The maximum absolute atomic E-state index is 13.2. The van der Waals surface area contributed by atoms with Crippen LogP contribution in [-0.2, 0) is 0 Å². The zero-order valence-electron chi connectivity index (χ0n) is 10.4. The molecule has 0 amide bonds. The second-order valence-electron chi connectivity index (χ2n) is 5.54. The lowest BCUT2D eigenvalue weighted by atomic mass is 9.78. The molecule has 0 saturated carbocycles. The van der Waals surface area contributed by atoms with E-state index >= 15 is 0 Å². The van der Waals surface area contributed by atoms with Crippen molar-refractivity contribution in [2.45, 2.75) is 19.3 Å². The Morgan fingerprint density at radius 1 is 1.00 bits per heavy atom. The highest BCUT2D eigenvalue weighted by Crippen LogP contribution is 2.38. The van der Waals surface area contributed by atoms with E-state index in [4.69, 9.17) is 0 Å². The van der Waals surface area contributed by atoms with Crippen molar-refractivity contribution in [3.8, 4) is 0 Å². The predicted molar refractivity (Wildman–Crippen MR) is 67.7 cm³/mol. The average Bonchev–Trinajstić information content (AvgIpc) is 2.77. The molecule has 0 unspecified atom stereocenters. The Morgan fingerprint density at radius 2 is 1.67 bits per heavy atom. The van der Waals surface area contributed by atoms with Crippen molar-refractivity contribution in [1.82, 2.24) is 5.32 Å². The monoisotopic (exact) mass is 252 g/mol. The number of hydrogen-bond acceptors (Lipinski definition) is 2. The van der Waals surface area contributed by atoms with Crippen molar-refractivity contribution in [3.05, 3.63) is 29.8 Å². The van der Waals surface area contributed by atoms with E-state index in [1.165, 1.54) is 18.6 Å². The number of benzene rings is 1. The van der Waals surface area contributed by atoms with Gasteiger partial charge in [-0.15, -0.1) is 0 Å². The van der Waals surface area contributed by atoms with Crippen LogP contribution in [0.1, 0.15) is 19.3 Å². The van der Waals surface area contributed by atoms with Gasteiger partial charge in [0.2, 0.25) is 0 Å². The van der Waals surface area contributed by atoms with Crippen LogP contribution in [0.2, 0.25) is 0 Å². The fraction of sp³-hybridized carbons (Fsp3) is 0.571. The molecule has 1 spiro atoms. The van der Waals surface area contributed by atoms with Crippen LogP contribution >= 0.6 is 0 Å². The summed E-state index contributed by atoms with van der Waals surface area (Å²) in [6, 6.07) is 3.78. The van der Waals surface area contributed by atoms with Crippen LogP contribution in [0.5, 0.6) is 0 Å². The summed E-state index contributed by atoms with van der Waals surface area (Å²) < 4.78 is 26.4. The lowest BCUT2D eigenvalue weighted by Gasteiger charge is -2.40. The molecule has 0 bridgehead atoms. The quantitative estimate of drug-likeness (QED) is 0.826. The van der Waals surface area contributed by atoms with Gasteiger partial charge in [-0.05, 0) is 43.4 Å². The Morgan fingerprint density at radius 3 is 2.22 bits per heavy atom. The first-order chi connectivity index (χ1) is 8.67. The molecule has 98 valence electrons.